The molecule has 8 nitrogen and oxygen atoms in total. The van der Waals surface area contributed by atoms with Crippen LogP contribution < -0.4 is 15.8 Å². The quantitative estimate of drug-likeness (QED) is 0.373. The number of carbonyl (C=O) groups excluding carboxylic acids is 2. The summed E-state index contributed by atoms with van der Waals surface area (Å²) in [5.41, 5.74) is 9.86. The second-order valence-corrected chi connectivity index (χ2v) is 11.6. The second-order valence-electron chi connectivity index (χ2n) is 11.1. The number of ether oxygens (including phenoxy) is 1. The Bertz CT molecular complexity index is 1150. The summed E-state index contributed by atoms with van der Waals surface area (Å²) in [6.45, 7) is 8.74. The zero-order valence-corrected chi connectivity index (χ0v) is 25.6. The van der Waals surface area contributed by atoms with Crippen LogP contribution in [-0.2, 0) is 11.2 Å². The number of likely N-dealkylation sites (tertiary alicyclic amines) is 1. The zero-order valence-electron chi connectivity index (χ0n) is 24.9. The average molecular weight is 572 g/mol. The van der Waals surface area contributed by atoms with Crippen LogP contribution in [-0.4, -0.2) is 86.1 Å². The van der Waals surface area contributed by atoms with Crippen molar-refractivity contribution in [3.8, 4) is 5.75 Å². The van der Waals surface area contributed by atoms with Gasteiger partial charge in [-0.05, 0) is 88.0 Å². The first-order valence-electron chi connectivity index (χ1n) is 14.3. The Hall–Kier alpha value is -2.97. The molecule has 1 fully saturated rings. The van der Waals surface area contributed by atoms with Gasteiger partial charge in [-0.25, -0.2) is 4.79 Å². The first-order valence-corrected chi connectivity index (χ1v) is 14.7. The van der Waals surface area contributed by atoms with Crippen molar-refractivity contribution >= 4 is 29.2 Å². The van der Waals surface area contributed by atoms with E-state index in [4.69, 9.17) is 22.1 Å². The molecule has 0 unspecified atom stereocenters. The number of likely N-dealkylation sites (N-methyl/N-ethyl adjacent to an activating group) is 1. The SMILES string of the molecule is CC[C@@H](CN(C)C)Oc1cc(C)ccc1C1CCN(C(=O)[C@@H](Cc2ccc(Cl)cc2N)NC(=O)N(C)CC)CC1. The number of urea groups is 1. The zero-order chi connectivity index (χ0) is 29.4. The van der Waals surface area contributed by atoms with Gasteiger partial charge in [0.1, 0.15) is 17.9 Å². The molecule has 0 spiro atoms. The number of rotatable bonds is 11. The van der Waals surface area contributed by atoms with E-state index >= 15 is 0 Å². The first-order chi connectivity index (χ1) is 19.0. The topological polar surface area (TPSA) is 91.1 Å². The maximum Gasteiger partial charge on any atom is 0.317 e. The van der Waals surface area contributed by atoms with Crippen molar-refractivity contribution in [2.45, 2.75) is 64.5 Å². The predicted octanol–water partition coefficient (Wildman–Crippen LogP) is 4.93. The van der Waals surface area contributed by atoms with Crippen molar-refractivity contribution in [2.75, 3.05) is 53.1 Å². The number of benzene rings is 2. The summed E-state index contributed by atoms with van der Waals surface area (Å²) in [4.78, 5) is 32.1. The Labute approximate surface area is 244 Å². The van der Waals surface area contributed by atoms with Gasteiger partial charge < -0.3 is 30.5 Å². The van der Waals surface area contributed by atoms with E-state index in [0.717, 1.165) is 37.1 Å². The second kappa shape index (κ2) is 14.6. The normalized spacial score (nSPS) is 15.6. The van der Waals surface area contributed by atoms with Crippen LogP contribution in [0.15, 0.2) is 36.4 Å². The minimum absolute atomic E-state index is 0.0944. The molecule has 3 rings (SSSR count). The Morgan fingerprint density at radius 2 is 1.82 bits per heavy atom. The van der Waals surface area contributed by atoms with Crippen molar-refractivity contribution < 1.29 is 14.3 Å². The van der Waals surface area contributed by atoms with Gasteiger partial charge in [-0.1, -0.05) is 36.7 Å². The van der Waals surface area contributed by atoms with E-state index in [2.05, 4.69) is 56.4 Å². The lowest BCUT2D eigenvalue weighted by Gasteiger charge is -2.36. The van der Waals surface area contributed by atoms with E-state index in [1.54, 1.807) is 24.1 Å². The van der Waals surface area contributed by atoms with Gasteiger partial charge in [0.25, 0.3) is 0 Å². The van der Waals surface area contributed by atoms with Crippen molar-refractivity contribution in [1.29, 1.82) is 0 Å². The summed E-state index contributed by atoms with van der Waals surface area (Å²) in [7, 11) is 5.84. The van der Waals surface area contributed by atoms with Gasteiger partial charge in [0, 0.05) is 50.4 Å². The number of hydrogen-bond donors (Lipinski definition) is 2. The molecule has 2 aromatic carbocycles. The Kier molecular flexibility index (Phi) is 11.5. The molecule has 1 saturated heterocycles. The van der Waals surface area contributed by atoms with E-state index in [1.807, 2.05) is 17.9 Å². The number of piperidine rings is 1. The van der Waals surface area contributed by atoms with E-state index in [0.29, 0.717) is 42.7 Å². The number of carbonyl (C=O) groups is 2. The molecular formula is C31H46ClN5O3. The number of nitrogens with two attached hydrogens (primary N) is 1. The Morgan fingerprint density at radius 3 is 2.42 bits per heavy atom. The van der Waals surface area contributed by atoms with Crippen LogP contribution in [0.2, 0.25) is 5.02 Å². The average Bonchev–Trinajstić information content (AvgIpc) is 2.92. The summed E-state index contributed by atoms with van der Waals surface area (Å²) in [5.74, 6) is 1.15. The van der Waals surface area contributed by atoms with E-state index in [-0.39, 0.29) is 18.0 Å². The lowest BCUT2D eigenvalue weighted by molar-refractivity contribution is -0.134. The van der Waals surface area contributed by atoms with Gasteiger partial charge in [-0.3, -0.25) is 4.79 Å². The molecule has 40 heavy (non-hydrogen) atoms. The van der Waals surface area contributed by atoms with Crippen molar-refractivity contribution in [1.82, 2.24) is 20.0 Å². The molecule has 0 aliphatic carbocycles. The number of amides is 3. The fraction of sp³-hybridized carbons (Fsp3) is 0.548. The lowest BCUT2D eigenvalue weighted by Crippen LogP contribution is -2.53. The molecule has 3 amide bonds. The largest absolute Gasteiger partial charge is 0.489 e. The highest BCUT2D eigenvalue weighted by molar-refractivity contribution is 6.30. The van der Waals surface area contributed by atoms with Crippen LogP contribution in [0, 0.1) is 6.92 Å². The maximum absolute atomic E-state index is 13.8. The molecule has 1 aliphatic rings. The van der Waals surface area contributed by atoms with Crippen LogP contribution in [0.4, 0.5) is 10.5 Å². The van der Waals surface area contributed by atoms with Gasteiger partial charge in [0.2, 0.25) is 5.91 Å². The van der Waals surface area contributed by atoms with E-state index in [1.165, 1.54) is 11.1 Å². The number of nitrogen functional groups attached to an aromatic ring is 1. The van der Waals surface area contributed by atoms with Crippen LogP contribution >= 0.6 is 11.6 Å². The van der Waals surface area contributed by atoms with Gasteiger partial charge >= 0.3 is 6.03 Å². The summed E-state index contributed by atoms with van der Waals surface area (Å²) < 4.78 is 6.52. The highest BCUT2D eigenvalue weighted by Crippen LogP contribution is 2.36. The molecular weight excluding hydrogens is 526 g/mol. The van der Waals surface area contributed by atoms with E-state index < -0.39 is 6.04 Å². The molecule has 220 valence electrons. The summed E-state index contributed by atoms with van der Waals surface area (Å²) in [6.07, 6.45) is 2.99. The van der Waals surface area contributed by atoms with Gasteiger partial charge in [-0.15, -0.1) is 0 Å². The minimum atomic E-state index is -0.726. The van der Waals surface area contributed by atoms with Crippen molar-refractivity contribution in [3.05, 3.63) is 58.1 Å². The highest BCUT2D eigenvalue weighted by Gasteiger charge is 2.32. The standard InChI is InChI=1S/C31H46ClN5O3/c1-7-25(20-35(4)5)40-29-17-21(3)9-12-26(29)22-13-15-37(16-14-22)30(38)28(34-31(39)36(6)8-2)18-23-10-11-24(32)19-27(23)33/h9-12,17,19,22,25,28H,7-8,13-16,18,20,33H2,1-6H3,(H,34,39)/t25-,28+/m0/s1. The van der Waals surface area contributed by atoms with Crippen molar-refractivity contribution in [3.63, 3.8) is 0 Å². The first kappa shape index (κ1) is 31.6. The monoisotopic (exact) mass is 571 g/mol. The molecule has 2 atom stereocenters. The van der Waals surface area contributed by atoms with Crippen LogP contribution in [0.25, 0.3) is 0 Å². The molecule has 1 heterocycles. The molecule has 0 saturated carbocycles. The van der Waals surface area contributed by atoms with E-state index in [9.17, 15) is 9.59 Å². The fourth-order valence-corrected chi connectivity index (χ4v) is 5.30. The summed E-state index contributed by atoms with van der Waals surface area (Å²) >= 11 is 6.08. The van der Waals surface area contributed by atoms with Crippen LogP contribution in [0.1, 0.15) is 55.7 Å². The number of halogens is 1. The summed E-state index contributed by atoms with van der Waals surface area (Å²) in [6, 6.07) is 10.7. The number of nitrogens with one attached hydrogen (secondary N) is 1. The predicted molar refractivity (Wildman–Crippen MR) is 163 cm³/mol. The van der Waals surface area contributed by atoms with Gasteiger partial charge in [0.15, 0.2) is 0 Å². The fourth-order valence-electron chi connectivity index (χ4n) is 5.12. The van der Waals surface area contributed by atoms with Crippen LogP contribution in [0.3, 0.4) is 0 Å². The minimum Gasteiger partial charge on any atom is -0.489 e. The Morgan fingerprint density at radius 1 is 1.12 bits per heavy atom. The van der Waals surface area contributed by atoms with Gasteiger partial charge in [0.05, 0.1) is 0 Å². The molecule has 9 heteroatoms. The third kappa shape index (κ3) is 8.51. The number of nitrogens with zero attached hydrogens (tertiary/aromatic N) is 3. The number of hydrogen-bond acceptors (Lipinski definition) is 5. The number of aryl methyl sites for hydroxylation is 1. The molecule has 0 bridgehead atoms. The molecule has 0 aromatic heterocycles. The smallest absolute Gasteiger partial charge is 0.317 e. The molecule has 2 aromatic rings. The molecule has 0 radical (unpaired) electrons. The molecule has 1 aliphatic heterocycles. The van der Waals surface area contributed by atoms with Gasteiger partial charge in [-0.2, -0.15) is 0 Å². The Balaban J connectivity index is 1.74. The maximum atomic E-state index is 13.8. The van der Waals surface area contributed by atoms with Crippen LogP contribution in [0.5, 0.6) is 5.75 Å². The third-order valence-electron chi connectivity index (χ3n) is 7.68. The third-order valence-corrected chi connectivity index (χ3v) is 7.92. The van der Waals surface area contributed by atoms with Crippen molar-refractivity contribution in [2.24, 2.45) is 0 Å². The lowest BCUT2D eigenvalue weighted by atomic mass is 9.87. The highest BCUT2D eigenvalue weighted by atomic mass is 35.5. The number of anilines is 1. The summed E-state index contributed by atoms with van der Waals surface area (Å²) in [5, 5.41) is 3.47. The molecule has 3 N–H and O–H groups in total.